The van der Waals surface area contributed by atoms with Crippen LogP contribution in [0.2, 0.25) is 0 Å². The van der Waals surface area contributed by atoms with E-state index in [-0.39, 0.29) is 6.79 Å². The fraction of sp³-hybridized carbons (Fsp3) is 0.533. The first-order valence-electron chi connectivity index (χ1n) is 7.40. The molecule has 1 fully saturated rings. The van der Waals surface area contributed by atoms with E-state index in [1.807, 2.05) is 18.2 Å². The van der Waals surface area contributed by atoms with Crippen LogP contribution < -0.4 is 25.3 Å². The van der Waals surface area contributed by atoms with Crippen molar-refractivity contribution in [1.29, 1.82) is 0 Å². The summed E-state index contributed by atoms with van der Waals surface area (Å²) in [4.78, 5) is 4.28. The number of aliphatic imine (C=N–C) groups is 1. The van der Waals surface area contributed by atoms with E-state index in [9.17, 15) is 0 Å². The molecule has 3 N–H and O–H groups in total. The zero-order valence-electron chi connectivity index (χ0n) is 12.0. The van der Waals surface area contributed by atoms with E-state index in [2.05, 4.69) is 10.3 Å². The van der Waals surface area contributed by atoms with Gasteiger partial charge in [0.2, 0.25) is 6.79 Å². The molecule has 114 valence electrons. The highest BCUT2D eigenvalue weighted by molar-refractivity contribution is 5.78. The van der Waals surface area contributed by atoms with Crippen molar-refractivity contribution in [2.45, 2.75) is 31.7 Å². The number of rotatable bonds is 5. The van der Waals surface area contributed by atoms with Crippen LogP contribution in [0.1, 0.15) is 25.7 Å². The van der Waals surface area contributed by atoms with Gasteiger partial charge in [0.15, 0.2) is 17.5 Å². The van der Waals surface area contributed by atoms with Gasteiger partial charge in [0.1, 0.15) is 12.4 Å². The Hall–Kier alpha value is -2.11. The summed E-state index contributed by atoms with van der Waals surface area (Å²) in [6.07, 6.45) is 4.92. The summed E-state index contributed by atoms with van der Waals surface area (Å²) in [5.41, 5.74) is 5.85. The molecule has 0 amide bonds. The Morgan fingerprint density at radius 1 is 1.29 bits per heavy atom. The van der Waals surface area contributed by atoms with Gasteiger partial charge in [-0.25, -0.2) is 4.99 Å². The number of guanidine groups is 1. The number of hydrogen-bond donors (Lipinski definition) is 2. The Morgan fingerprint density at radius 2 is 2.10 bits per heavy atom. The number of hydrogen-bond acceptors (Lipinski definition) is 4. The van der Waals surface area contributed by atoms with Gasteiger partial charge in [-0.2, -0.15) is 0 Å². The number of ether oxygens (including phenoxy) is 3. The Bertz CT molecular complexity index is 513. The van der Waals surface area contributed by atoms with Crippen molar-refractivity contribution in [3.05, 3.63) is 18.2 Å². The maximum atomic E-state index is 5.85. The molecule has 1 aromatic rings. The van der Waals surface area contributed by atoms with Crippen molar-refractivity contribution in [3.8, 4) is 17.2 Å². The van der Waals surface area contributed by atoms with Gasteiger partial charge in [-0.1, -0.05) is 12.8 Å². The number of benzene rings is 1. The van der Waals surface area contributed by atoms with Crippen molar-refractivity contribution in [2.24, 2.45) is 10.7 Å². The van der Waals surface area contributed by atoms with Crippen LogP contribution in [0.4, 0.5) is 0 Å². The van der Waals surface area contributed by atoms with E-state index in [4.69, 9.17) is 19.9 Å². The van der Waals surface area contributed by atoms with Crippen LogP contribution in [-0.2, 0) is 0 Å². The standard InChI is InChI=1S/C15H21N3O3/c16-15(18-11-3-1-2-4-11)17-7-8-19-12-5-6-13-14(9-12)21-10-20-13/h5-6,9,11H,1-4,7-8,10H2,(H3,16,17,18). The van der Waals surface area contributed by atoms with Crippen LogP contribution in [-0.4, -0.2) is 31.9 Å². The first-order valence-corrected chi connectivity index (χ1v) is 7.40. The van der Waals surface area contributed by atoms with Gasteiger partial charge in [0.05, 0.1) is 6.54 Å². The first kappa shape index (κ1) is 13.9. The van der Waals surface area contributed by atoms with Crippen LogP contribution in [0.3, 0.4) is 0 Å². The average molecular weight is 291 g/mol. The van der Waals surface area contributed by atoms with E-state index < -0.39 is 0 Å². The van der Waals surface area contributed by atoms with E-state index in [1.54, 1.807) is 0 Å². The molecule has 1 aliphatic heterocycles. The summed E-state index contributed by atoms with van der Waals surface area (Å²) in [5, 5.41) is 3.25. The monoisotopic (exact) mass is 291 g/mol. The summed E-state index contributed by atoms with van der Waals surface area (Å²) in [7, 11) is 0. The van der Waals surface area contributed by atoms with E-state index in [1.165, 1.54) is 25.7 Å². The highest BCUT2D eigenvalue weighted by atomic mass is 16.7. The third-order valence-corrected chi connectivity index (χ3v) is 3.69. The largest absolute Gasteiger partial charge is 0.492 e. The van der Waals surface area contributed by atoms with Gasteiger partial charge >= 0.3 is 0 Å². The van der Waals surface area contributed by atoms with Crippen molar-refractivity contribution in [3.63, 3.8) is 0 Å². The summed E-state index contributed by atoms with van der Waals surface area (Å²) in [5.74, 6) is 2.73. The highest BCUT2D eigenvalue weighted by Crippen LogP contribution is 2.34. The molecule has 3 rings (SSSR count). The van der Waals surface area contributed by atoms with Gasteiger partial charge in [0, 0.05) is 12.1 Å². The molecule has 6 heteroatoms. The van der Waals surface area contributed by atoms with Crippen LogP contribution >= 0.6 is 0 Å². The molecule has 1 heterocycles. The number of fused-ring (bicyclic) bond motifs is 1. The molecule has 6 nitrogen and oxygen atoms in total. The summed E-state index contributed by atoms with van der Waals surface area (Å²) in [6, 6.07) is 6.02. The van der Waals surface area contributed by atoms with Crippen molar-refractivity contribution in [2.75, 3.05) is 19.9 Å². The fourth-order valence-corrected chi connectivity index (χ4v) is 2.62. The Labute approximate surface area is 124 Å². The number of nitrogens with two attached hydrogens (primary N) is 1. The topological polar surface area (TPSA) is 78.1 Å². The summed E-state index contributed by atoms with van der Waals surface area (Å²) >= 11 is 0. The minimum absolute atomic E-state index is 0.270. The van der Waals surface area contributed by atoms with Crippen molar-refractivity contribution < 1.29 is 14.2 Å². The summed E-state index contributed by atoms with van der Waals surface area (Å²) < 4.78 is 16.2. The molecule has 21 heavy (non-hydrogen) atoms. The molecular weight excluding hydrogens is 270 g/mol. The number of nitrogens with zero attached hydrogens (tertiary/aromatic N) is 1. The number of nitrogens with one attached hydrogen (secondary N) is 1. The second-order valence-corrected chi connectivity index (χ2v) is 5.26. The lowest BCUT2D eigenvalue weighted by atomic mass is 10.2. The maximum Gasteiger partial charge on any atom is 0.231 e. The van der Waals surface area contributed by atoms with Crippen molar-refractivity contribution in [1.82, 2.24) is 5.32 Å². The Kier molecular flexibility index (Phi) is 4.33. The van der Waals surface area contributed by atoms with Crippen LogP contribution in [0.5, 0.6) is 17.2 Å². The molecule has 0 spiro atoms. The lowest BCUT2D eigenvalue weighted by Crippen LogP contribution is -2.38. The molecule has 0 radical (unpaired) electrons. The maximum absolute atomic E-state index is 5.85. The SMILES string of the molecule is NC(=NCCOc1ccc2c(c1)OCO2)NC1CCCC1. The lowest BCUT2D eigenvalue weighted by molar-refractivity contribution is 0.174. The molecule has 1 saturated carbocycles. The minimum Gasteiger partial charge on any atom is -0.492 e. The Balaban J connectivity index is 1.41. The van der Waals surface area contributed by atoms with E-state index >= 15 is 0 Å². The third-order valence-electron chi connectivity index (χ3n) is 3.69. The van der Waals surface area contributed by atoms with E-state index in [0.29, 0.717) is 25.2 Å². The molecule has 0 aromatic heterocycles. The second-order valence-electron chi connectivity index (χ2n) is 5.26. The molecule has 1 aromatic carbocycles. The lowest BCUT2D eigenvalue weighted by Gasteiger charge is -2.12. The van der Waals surface area contributed by atoms with Crippen molar-refractivity contribution >= 4 is 5.96 Å². The fourth-order valence-electron chi connectivity index (χ4n) is 2.62. The van der Waals surface area contributed by atoms with Gasteiger partial charge in [-0.15, -0.1) is 0 Å². The van der Waals surface area contributed by atoms with Gasteiger partial charge in [-0.3, -0.25) is 0 Å². The van der Waals surface area contributed by atoms with Crippen LogP contribution in [0.15, 0.2) is 23.2 Å². The zero-order chi connectivity index (χ0) is 14.5. The normalized spacial score (nSPS) is 18.0. The molecule has 0 bridgehead atoms. The summed E-state index contributed by atoms with van der Waals surface area (Å²) in [6.45, 7) is 1.28. The quantitative estimate of drug-likeness (QED) is 0.490. The molecule has 1 aliphatic carbocycles. The van der Waals surface area contributed by atoms with Gasteiger partial charge in [0.25, 0.3) is 0 Å². The molecular formula is C15H21N3O3. The predicted octanol–water partition coefficient (Wildman–Crippen LogP) is 1.64. The van der Waals surface area contributed by atoms with Crippen LogP contribution in [0, 0.1) is 0 Å². The van der Waals surface area contributed by atoms with Crippen LogP contribution in [0.25, 0.3) is 0 Å². The second kappa shape index (κ2) is 6.56. The smallest absolute Gasteiger partial charge is 0.231 e. The predicted molar refractivity (Wildman–Crippen MR) is 79.9 cm³/mol. The first-order chi connectivity index (χ1) is 10.3. The third kappa shape index (κ3) is 3.71. The molecule has 0 saturated heterocycles. The molecule has 0 unspecified atom stereocenters. The average Bonchev–Trinajstić information content (AvgIpc) is 3.14. The zero-order valence-corrected chi connectivity index (χ0v) is 12.0. The highest BCUT2D eigenvalue weighted by Gasteiger charge is 2.15. The van der Waals surface area contributed by atoms with Gasteiger partial charge < -0.3 is 25.3 Å². The molecule has 2 aliphatic rings. The molecule has 0 atom stereocenters. The Morgan fingerprint density at radius 3 is 2.95 bits per heavy atom. The van der Waals surface area contributed by atoms with Gasteiger partial charge in [-0.05, 0) is 25.0 Å². The minimum atomic E-state index is 0.270. The van der Waals surface area contributed by atoms with E-state index in [0.717, 1.165) is 17.2 Å².